The molecular weight excluding hydrogens is 214 g/mol. The molecule has 0 radical (unpaired) electrons. The van der Waals surface area contributed by atoms with Gasteiger partial charge in [0.2, 0.25) is 0 Å². The van der Waals surface area contributed by atoms with Crippen molar-refractivity contribution in [3.05, 3.63) is 35.8 Å². The van der Waals surface area contributed by atoms with Crippen molar-refractivity contribution in [2.24, 2.45) is 0 Å². The summed E-state index contributed by atoms with van der Waals surface area (Å²) in [5, 5.41) is 9.67. The van der Waals surface area contributed by atoms with Gasteiger partial charge in [0.15, 0.2) is 0 Å². The standard InChI is InChI=1S/C13H17N3O/c1-10-3-4-12-14-11(7-16(12)5-10)6-15-8-13(2,17)9-15/h3-5,7,17H,6,8-9H2,1-2H3. The van der Waals surface area contributed by atoms with Gasteiger partial charge in [-0.3, -0.25) is 4.90 Å². The molecule has 2 aromatic heterocycles. The third-order valence-electron chi connectivity index (χ3n) is 3.16. The second-order valence-corrected chi connectivity index (χ2v) is 5.35. The second kappa shape index (κ2) is 3.55. The maximum Gasteiger partial charge on any atom is 0.137 e. The molecule has 1 aliphatic heterocycles. The maximum atomic E-state index is 9.67. The van der Waals surface area contributed by atoms with Crippen LogP contribution in [0.5, 0.6) is 0 Å². The summed E-state index contributed by atoms with van der Waals surface area (Å²) in [5.74, 6) is 0. The second-order valence-electron chi connectivity index (χ2n) is 5.35. The number of hydrogen-bond acceptors (Lipinski definition) is 3. The zero-order valence-electron chi connectivity index (χ0n) is 10.2. The number of pyridine rings is 1. The molecule has 0 unspecified atom stereocenters. The van der Waals surface area contributed by atoms with E-state index in [4.69, 9.17) is 0 Å². The van der Waals surface area contributed by atoms with Crippen LogP contribution in [0.1, 0.15) is 18.2 Å². The molecule has 90 valence electrons. The van der Waals surface area contributed by atoms with Crippen LogP contribution in [0.3, 0.4) is 0 Å². The van der Waals surface area contributed by atoms with E-state index in [9.17, 15) is 5.11 Å². The summed E-state index contributed by atoms with van der Waals surface area (Å²) in [4.78, 5) is 6.77. The lowest BCUT2D eigenvalue weighted by atomic mass is 9.97. The minimum atomic E-state index is -0.504. The van der Waals surface area contributed by atoms with Crippen LogP contribution in [-0.2, 0) is 6.54 Å². The summed E-state index contributed by atoms with van der Waals surface area (Å²) in [6, 6.07) is 4.10. The number of imidazole rings is 1. The molecule has 1 N–H and O–H groups in total. The highest BCUT2D eigenvalue weighted by Crippen LogP contribution is 2.21. The lowest BCUT2D eigenvalue weighted by Gasteiger charge is -2.43. The van der Waals surface area contributed by atoms with Gasteiger partial charge in [0.25, 0.3) is 0 Å². The van der Waals surface area contributed by atoms with Gasteiger partial charge in [-0.1, -0.05) is 6.07 Å². The number of aryl methyl sites for hydroxylation is 1. The largest absolute Gasteiger partial charge is 0.388 e. The van der Waals surface area contributed by atoms with E-state index in [0.29, 0.717) is 0 Å². The first-order valence-electron chi connectivity index (χ1n) is 5.91. The van der Waals surface area contributed by atoms with Crippen LogP contribution in [-0.4, -0.2) is 38.1 Å². The molecular formula is C13H17N3O. The first-order valence-corrected chi connectivity index (χ1v) is 5.91. The number of hydrogen-bond donors (Lipinski definition) is 1. The molecule has 4 heteroatoms. The minimum Gasteiger partial charge on any atom is -0.388 e. The van der Waals surface area contributed by atoms with Crippen molar-refractivity contribution < 1.29 is 5.11 Å². The third kappa shape index (κ3) is 2.06. The lowest BCUT2D eigenvalue weighted by molar-refractivity contribution is -0.0875. The molecule has 1 aliphatic rings. The molecule has 0 aliphatic carbocycles. The molecule has 3 rings (SSSR count). The fraction of sp³-hybridized carbons (Fsp3) is 0.462. The highest BCUT2D eigenvalue weighted by Gasteiger charge is 2.36. The van der Waals surface area contributed by atoms with E-state index in [2.05, 4.69) is 39.7 Å². The highest BCUT2D eigenvalue weighted by atomic mass is 16.3. The van der Waals surface area contributed by atoms with Gasteiger partial charge >= 0.3 is 0 Å². The lowest BCUT2D eigenvalue weighted by Crippen LogP contribution is -2.59. The van der Waals surface area contributed by atoms with E-state index in [1.807, 2.05) is 13.0 Å². The Morgan fingerprint density at radius 1 is 1.35 bits per heavy atom. The third-order valence-corrected chi connectivity index (χ3v) is 3.16. The van der Waals surface area contributed by atoms with Crippen molar-refractivity contribution in [2.45, 2.75) is 26.0 Å². The number of aromatic nitrogens is 2. The van der Waals surface area contributed by atoms with Crippen molar-refractivity contribution in [1.82, 2.24) is 14.3 Å². The van der Waals surface area contributed by atoms with Crippen LogP contribution in [0.2, 0.25) is 0 Å². The Bertz CT molecular complexity index is 551. The minimum absolute atomic E-state index is 0.504. The van der Waals surface area contributed by atoms with Crippen molar-refractivity contribution in [1.29, 1.82) is 0 Å². The van der Waals surface area contributed by atoms with Crippen LogP contribution in [0.15, 0.2) is 24.5 Å². The van der Waals surface area contributed by atoms with Crippen molar-refractivity contribution >= 4 is 5.65 Å². The molecule has 4 nitrogen and oxygen atoms in total. The van der Waals surface area contributed by atoms with Crippen LogP contribution in [0.4, 0.5) is 0 Å². The molecule has 1 saturated heterocycles. The first-order chi connectivity index (χ1) is 8.02. The van der Waals surface area contributed by atoms with E-state index in [1.165, 1.54) is 5.56 Å². The van der Waals surface area contributed by atoms with Crippen molar-refractivity contribution in [2.75, 3.05) is 13.1 Å². The Kier molecular flexibility index (Phi) is 2.24. The predicted octanol–water partition coefficient (Wildman–Crippen LogP) is 1.21. The molecule has 1 fully saturated rings. The SMILES string of the molecule is Cc1ccc2nc(CN3CC(C)(O)C3)cn2c1. The van der Waals surface area contributed by atoms with Crippen molar-refractivity contribution in [3.8, 4) is 0 Å². The number of β-amino-alcohol motifs (C(OH)–C–C–N with tert-alkyl or cyclic N) is 1. The van der Waals surface area contributed by atoms with E-state index >= 15 is 0 Å². The number of aliphatic hydroxyl groups is 1. The van der Waals surface area contributed by atoms with Gasteiger partial charge in [0, 0.05) is 32.0 Å². The monoisotopic (exact) mass is 231 g/mol. The first kappa shape index (κ1) is 10.7. The van der Waals surface area contributed by atoms with E-state index < -0.39 is 5.60 Å². The number of likely N-dealkylation sites (tertiary alicyclic amines) is 1. The quantitative estimate of drug-likeness (QED) is 0.844. The molecule has 0 spiro atoms. The zero-order valence-corrected chi connectivity index (χ0v) is 10.2. The fourth-order valence-corrected chi connectivity index (χ4v) is 2.49. The van der Waals surface area contributed by atoms with Crippen LogP contribution < -0.4 is 0 Å². The van der Waals surface area contributed by atoms with Gasteiger partial charge in [-0.05, 0) is 25.5 Å². The van der Waals surface area contributed by atoms with Gasteiger partial charge < -0.3 is 9.51 Å². The highest BCUT2D eigenvalue weighted by molar-refractivity contribution is 5.41. The smallest absolute Gasteiger partial charge is 0.137 e. The Balaban J connectivity index is 1.78. The Labute approximate surface area is 101 Å². The van der Waals surface area contributed by atoms with Crippen LogP contribution in [0, 0.1) is 6.92 Å². The van der Waals surface area contributed by atoms with Gasteiger partial charge in [-0.25, -0.2) is 4.98 Å². The molecule has 2 aromatic rings. The molecule has 0 amide bonds. The van der Waals surface area contributed by atoms with Crippen molar-refractivity contribution in [3.63, 3.8) is 0 Å². The van der Waals surface area contributed by atoms with E-state index in [1.54, 1.807) is 0 Å². The number of rotatable bonds is 2. The molecule has 0 bridgehead atoms. The van der Waals surface area contributed by atoms with Crippen LogP contribution >= 0.6 is 0 Å². The Hall–Kier alpha value is -1.39. The average Bonchev–Trinajstić information content (AvgIpc) is 2.56. The fourth-order valence-electron chi connectivity index (χ4n) is 2.49. The molecule has 0 atom stereocenters. The Morgan fingerprint density at radius 3 is 2.82 bits per heavy atom. The summed E-state index contributed by atoms with van der Waals surface area (Å²) in [5.41, 5.74) is 2.77. The van der Waals surface area contributed by atoms with Gasteiger partial charge in [0.1, 0.15) is 5.65 Å². The molecule has 17 heavy (non-hydrogen) atoms. The van der Waals surface area contributed by atoms with E-state index in [0.717, 1.165) is 31.0 Å². The van der Waals surface area contributed by atoms with E-state index in [-0.39, 0.29) is 0 Å². The molecule has 0 aromatic carbocycles. The summed E-state index contributed by atoms with van der Waals surface area (Å²) < 4.78 is 2.06. The topological polar surface area (TPSA) is 40.8 Å². The zero-order chi connectivity index (χ0) is 12.0. The summed E-state index contributed by atoms with van der Waals surface area (Å²) in [6.45, 7) is 6.24. The number of fused-ring (bicyclic) bond motifs is 1. The van der Waals surface area contributed by atoms with Gasteiger partial charge in [0.05, 0.1) is 11.3 Å². The molecule has 3 heterocycles. The Morgan fingerprint density at radius 2 is 2.12 bits per heavy atom. The maximum absolute atomic E-state index is 9.67. The summed E-state index contributed by atoms with van der Waals surface area (Å²) in [7, 11) is 0. The predicted molar refractivity (Wildman–Crippen MR) is 65.8 cm³/mol. The molecule has 0 saturated carbocycles. The summed E-state index contributed by atoms with van der Waals surface area (Å²) >= 11 is 0. The van der Waals surface area contributed by atoms with Gasteiger partial charge in [-0.2, -0.15) is 0 Å². The summed E-state index contributed by atoms with van der Waals surface area (Å²) in [6.07, 6.45) is 4.15. The van der Waals surface area contributed by atoms with Crippen LogP contribution in [0.25, 0.3) is 5.65 Å². The normalized spacial score (nSPS) is 19.5. The number of nitrogens with zero attached hydrogens (tertiary/aromatic N) is 3. The van der Waals surface area contributed by atoms with Gasteiger partial charge in [-0.15, -0.1) is 0 Å². The average molecular weight is 231 g/mol.